The summed E-state index contributed by atoms with van der Waals surface area (Å²) in [5.41, 5.74) is 1.08. The SMILES string of the molecule is COc1cccc(N(C)CC(F)F)c1C(C)O. The highest BCUT2D eigenvalue weighted by Gasteiger charge is 2.18. The van der Waals surface area contributed by atoms with E-state index in [1.807, 2.05) is 0 Å². The van der Waals surface area contributed by atoms with Crippen LogP contribution in [0, 0.1) is 0 Å². The molecule has 0 heterocycles. The van der Waals surface area contributed by atoms with Gasteiger partial charge in [0, 0.05) is 18.3 Å². The molecule has 1 aromatic carbocycles. The van der Waals surface area contributed by atoms with Crippen molar-refractivity contribution in [1.29, 1.82) is 0 Å². The van der Waals surface area contributed by atoms with Crippen LogP contribution in [0.4, 0.5) is 14.5 Å². The molecule has 0 fully saturated rings. The Kier molecular flexibility index (Phi) is 4.69. The van der Waals surface area contributed by atoms with E-state index in [9.17, 15) is 13.9 Å². The summed E-state index contributed by atoms with van der Waals surface area (Å²) in [6.45, 7) is 1.20. The third-order valence-electron chi connectivity index (χ3n) is 2.50. The molecule has 5 heteroatoms. The first-order valence-corrected chi connectivity index (χ1v) is 5.31. The molecule has 96 valence electrons. The molecule has 0 aliphatic heterocycles. The predicted molar refractivity (Wildman–Crippen MR) is 62.9 cm³/mol. The third kappa shape index (κ3) is 3.30. The third-order valence-corrected chi connectivity index (χ3v) is 2.50. The Balaban J connectivity index is 3.13. The van der Waals surface area contributed by atoms with Gasteiger partial charge in [-0.15, -0.1) is 0 Å². The van der Waals surface area contributed by atoms with Crippen LogP contribution in [0.3, 0.4) is 0 Å². The van der Waals surface area contributed by atoms with Crippen LogP contribution in [0.25, 0.3) is 0 Å². The monoisotopic (exact) mass is 245 g/mol. The number of aliphatic hydroxyl groups excluding tert-OH is 1. The minimum absolute atomic E-state index is 0.382. The van der Waals surface area contributed by atoms with Crippen LogP contribution < -0.4 is 9.64 Å². The van der Waals surface area contributed by atoms with Gasteiger partial charge in [-0.2, -0.15) is 0 Å². The maximum atomic E-state index is 12.4. The van der Waals surface area contributed by atoms with Gasteiger partial charge in [-0.3, -0.25) is 0 Å². The molecule has 1 atom stereocenters. The molecule has 0 aliphatic rings. The average molecular weight is 245 g/mol. The Hall–Kier alpha value is -1.36. The van der Waals surface area contributed by atoms with Gasteiger partial charge in [-0.05, 0) is 19.1 Å². The van der Waals surface area contributed by atoms with Crippen LogP contribution in [-0.4, -0.2) is 32.2 Å². The summed E-state index contributed by atoms with van der Waals surface area (Å²) in [5, 5.41) is 9.71. The summed E-state index contributed by atoms with van der Waals surface area (Å²) in [6.07, 6.45) is -3.20. The Bertz CT molecular complexity index is 370. The van der Waals surface area contributed by atoms with Crippen LogP contribution in [0.2, 0.25) is 0 Å². The van der Waals surface area contributed by atoms with Crippen molar-refractivity contribution in [2.75, 3.05) is 25.6 Å². The number of nitrogens with zero attached hydrogens (tertiary/aromatic N) is 1. The van der Waals surface area contributed by atoms with Crippen molar-refractivity contribution in [3.05, 3.63) is 23.8 Å². The number of anilines is 1. The molecule has 0 spiro atoms. The minimum Gasteiger partial charge on any atom is -0.496 e. The highest BCUT2D eigenvalue weighted by molar-refractivity contribution is 5.60. The fraction of sp³-hybridized carbons (Fsp3) is 0.500. The minimum atomic E-state index is -2.42. The largest absolute Gasteiger partial charge is 0.496 e. The Labute approximate surface area is 99.6 Å². The molecule has 0 amide bonds. The molecule has 0 aromatic heterocycles. The van der Waals surface area contributed by atoms with E-state index >= 15 is 0 Å². The smallest absolute Gasteiger partial charge is 0.255 e. The number of aliphatic hydroxyl groups is 1. The van der Waals surface area contributed by atoms with Gasteiger partial charge in [0.1, 0.15) is 5.75 Å². The van der Waals surface area contributed by atoms with Crippen molar-refractivity contribution < 1.29 is 18.6 Å². The lowest BCUT2D eigenvalue weighted by molar-refractivity contribution is 0.155. The fourth-order valence-electron chi connectivity index (χ4n) is 1.77. The zero-order valence-electron chi connectivity index (χ0n) is 10.2. The van der Waals surface area contributed by atoms with Crippen LogP contribution >= 0.6 is 0 Å². The molecule has 17 heavy (non-hydrogen) atoms. The van der Waals surface area contributed by atoms with Gasteiger partial charge in [0.25, 0.3) is 6.43 Å². The zero-order chi connectivity index (χ0) is 13.0. The average Bonchev–Trinajstić information content (AvgIpc) is 2.26. The van der Waals surface area contributed by atoms with E-state index in [1.54, 1.807) is 32.2 Å². The molecule has 1 rings (SSSR count). The number of hydrogen-bond acceptors (Lipinski definition) is 3. The van der Waals surface area contributed by atoms with Gasteiger partial charge in [-0.1, -0.05) is 6.07 Å². The summed E-state index contributed by atoms with van der Waals surface area (Å²) in [4.78, 5) is 1.41. The van der Waals surface area contributed by atoms with Gasteiger partial charge in [0.2, 0.25) is 0 Å². The first-order chi connectivity index (χ1) is 7.97. The Morgan fingerprint density at radius 2 is 2.06 bits per heavy atom. The summed E-state index contributed by atoms with van der Waals surface area (Å²) in [7, 11) is 3.05. The molecule has 0 saturated heterocycles. The van der Waals surface area contributed by atoms with E-state index in [2.05, 4.69) is 0 Å². The van der Waals surface area contributed by atoms with E-state index in [-0.39, 0.29) is 6.54 Å². The van der Waals surface area contributed by atoms with Crippen molar-refractivity contribution in [3.63, 3.8) is 0 Å². The second-order valence-electron chi connectivity index (χ2n) is 3.84. The number of rotatable bonds is 5. The normalized spacial score (nSPS) is 12.6. The van der Waals surface area contributed by atoms with Gasteiger partial charge in [0.05, 0.1) is 19.8 Å². The number of halogens is 2. The zero-order valence-corrected chi connectivity index (χ0v) is 10.2. The maximum absolute atomic E-state index is 12.4. The van der Waals surface area contributed by atoms with Gasteiger partial charge >= 0.3 is 0 Å². The predicted octanol–water partition coefficient (Wildman–Crippen LogP) is 2.45. The molecular formula is C12H17F2NO2. The van der Waals surface area contributed by atoms with Crippen molar-refractivity contribution in [3.8, 4) is 5.75 Å². The van der Waals surface area contributed by atoms with Gasteiger partial charge in [0.15, 0.2) is 0 Å². The number of alkyl halides is 2. The van der Waals surface area contributed by atoms with Gasteiger partial charge < -0.3 is 14.7 Å². The first kappa shape index (κ1) is 13.7. The molecule has 0 bridgehead atoms. The molecule has 1 unspecified atom stereocenters. The van der Waals surface area contributed by atoms with E-state index in [4.69, 9.17) is 4.74 Å². The van der Waals surface area contributed by atoms with Gasteiger partial charge in [-0.25, -0.2) is 8.78 Å². The summed E-state index contributed by atoms with van der Waals surface area (Å²) < 4.78 is 29.8. The fourth-order valence-corrected chi connectivity index (χ4v) is 1.77. The molecule has 0 saturated carbocycles. The lowest BCUT2D eigenvalue weighted by Crippen LogP contribution is -2.25. The van der Waals surface area contributed by atoms with E-state index in [0.717, 1.165) is 0 Å². The molecule has 1 N–H and O–H groups in total. The van der Waals surface area contributed by atoms with Crippen molar-refractivity contribution in [2.45, 2.75) is 19.5 Å². The van der Waals surface area contributed by atoms with E-state index in [1.165, 1.54) is 12.0 Å². The first-order valence-electron chi connectivity index (χ1n) is 5.31. The van der Waals surface area contributed by atoms with Crippen molar-refractivity contribution in [1.82, 2.24) is 0 Å². The van der Waals surface area contributed by atoms with Crippen LogP contribution in [0.1, 0.15) is 18.6 Å². The standard InChI is InChI=1S/C12H17F2NO2/c1-8(16)12-9(15(2)7-11(13)14)5-4-6-10(12)17-3/h4-6,8,11,16H,7H2,1-3H3. The van der Waals surface area contributed by atoms with Crippen LogP contribution in [-0.2, 0) is 0 Å². The molecule has 1 aromatic rings. The highest BCUT2D eigenvalue weighted by atomic mass is 19.3. The lowest BCUT2D eigenvalue weighted by atomic mass is 10.1. The second kappa shape index (κ2) is 5.82. The quantitative estimate of drug-likeness (QED) is 0.865. The van der Waals surface area contributed by atoms with Crippen molar-refractivity contribution in [2.24, 2.45) is 0 Å². The summed E-state index contributed by atoms with van der Waals surface area (Å²) >= 11 is 0. The van der Waals surface area contributed by atoms with Crippen LogP contribution in [0.5, 0.6) is 5.75 Å². The number of benzene rings is 1. The topological polar surface area (TPSA) is 32.7 Å². The molecule has 0 radical (unpaired) electrons. The second-order valence-corrected chi connectivity index (χ2v) is 3.84. The maximum Gasteiger partial charge on any atom is 0.255 e. The Morgan fingerprint density at radius 3 is 2.53 bits per heavy atom. The summed E-state index contributed by atoms with van der Waals surface area (Å²) in [6, 6.07) is 5.09. The number of ether oxygens (including phenoxy) is 1. The lowest BCUT2D eigenvalue weighted by Gasteiger charge is -2.24. The highest BCUT2D eigenvalue weighted by Crippen LogP contribution is 2.34. The number of methoxy groups -OCH3 is 1. The van der Waals surface area contributed by atoms with Crippen LogP contribution in [0.15, 0.2) is 18.2 Å². The van der Waals surface area contributed by atoms with Crippen molar-refractivity contribution >= 4 is 5.69 Å². The summed E-state index contributed by atoms with van der Waals surface area (Å²) in [5.74, 6) is 0.499. The number of hydrogen-bond donors (Lipinski definition) is 1. The molecule has 0 aliphatic carbocycles. The molecule has 3 nitrogen and oxygen atoms in total. The van der Waals surface area contributed by atoms with E-state index < -0.39 is 12.5 Å². The Morgan fingerprint density at radius 1 is 1.41 bits per heavy atom. The van der Waals surface area contributed by atoms with E-state index in [0.29, 0.717) is 17.0 Å². The molecular weight excluding hydrogens is 228 g/mol.